The molecule has 0 aliphatic carbocycles. The average molecular weight is 283 g/mol. The van der Waals surface area contributed by atoms with Crippen molar-refractivity contribution in [1.29, 1.82) is 0 Å². The molecule has 1 aliphatic heterocycles. The number of piperidine rings is 1. The summed E-state index contributed by atoms with van der Waals surface area (Å²) >= 11 is 0. The number of nitrogens with zero attached hydrogens (tertiary/aromatic N) is 2. The molecule has 0 amide bonds. The third-order valence-corrected chi connectivity index (χ3v) is 6.16. The maximum atomic E-state index is 12.5. The molecule has 0 aromatic carbocycles. The van der Waals surface area contributed by atoms with Gasteiger partial charge in [-0.25, -0.2) is 8.42 Å². The summed E-state index contributed by atoms with van der Waals surface area (Å²) in [6.45, 7) is 5.49. The maximum Gasteiger partial charge on any atom is 0.246 e. The Morgan fingerprint density at radius 3 is 2.58 bits per heavy atom. The van der Waals surface area contributed by atoms with Crippen molar-refractivity contribution in [3.63, 3.8) is 0 Å². The molecule has 6 heteroatoms. The second-order valence-corrected chi connectivity index (χ2v) is 7.39. The Bertz CT molecular complexity index is 549. The molecule has 0 radical (unpaired) electrons. The minimum Gasteiger partial charge on any atom is -0.398 e. The summed E-state index contributed by atoms with van der Waals surface area (Å²) in [6.07, 6.45) is 5.69. The van der Waals surface area contributed by atoms with Crippen LogP contribution < -0.4 is 5.73 Å². The number of nitrogen functional groups attached to an aromatic ring is 1. The number of nitrogens with two attached hydrogens (primary N) is 1. The molecule has 5 nitrogen and oxygen atoms in total. The Hall–Kier alpha value is -1.14. The Morgan fingerprint density at radius 1 is 1.42 bits per heavy atom. The number of pyridine rings is 1. The van der Waals surface area contributed by atoms with Gasteiger partial charge in [-0.15, -0.1) is 0 Å². The molecule has 1 aliphatic rings. The van der Waals surface area contributed by atoms with E-state index in [9.17, 15) is 8.42 Å². The van der Waals surface area contributed by atoms with Gasteiger partial charge in [-0.2, -0.15) is 4.31 Å². The van der Waals surface area contributed by atoms with E-state index >= 15 is 0 Å². The molecule has 19 heavy (non-hydrogen) atoms. The minimum absolute atomic E-state index is 0.120. The average Bonchev–Trinajstić information content (AvgIpc) is 2.39. The van der Waals surface area contributed by atoms with Crippen LogP contribution in [-0.4, -0.2) is 30.8 Å². The number of anilines is 1. The van der Waals surface area contributed by atoms with Gasteiger partial charge in [0.1, 0.15) is 4.90 Å². The Balaban J connectivity index is 2.22. The lowest BCUT2D eigenvalue weighted by Crippen LogP contribution is -2.42. The van der Waals surface area contributed by atoms with Gasteiger partial charge in [-0.05, 0) is 24.3 Å². The van der Waals surface area contributed by atoms with Gasteiger partial charge in [-0.1, -0.05) is 20.3 Å². The van der Waals surface area contributed by atoms with Crippen LogP contribution in [0.15, 0.2) is 23.4 Å². The second kappa shape index (κ2) is 5.09. The fourth-order valence-corrected chi connectivity index (χ4v) is 3.87. The van der Waals surface area contributed by atoms with Crippen molar-refractivity contribution in [2.24, 2.45) is 5.41 Å². The molecule has 0 atom stereocenters. The van der Waals surface area contributed by atoms with E-state index in [1.54, 1.807) is 0 Å². The van der Waals surface area contributed by atoms with Gasteiger partial charge in [0, 0.05) is 25.5 Å². The van der Waals surface area contributed by atoms with Crippen LogP contribution in [0.5, 0.6) is 0 Å². The number of sulfonamides is 1. The summed E-state index contributed by atoms with van der Waals surface area (Å²) in [5, 5.41) is 0. The van der Waals surface area contributed by atoms with Crippen molar-refractivity contribution >= 4 is 15.7 Å². The zero-order valence-electron chi connectivity index (χ0n) is 11.5. The van der Waals surface area contributed by atoms with Crippen LogP contribution in [0, 0.1) is 5.41 Å². The van der Waals surface area contributed by atoms with Crippen LogP contribution in [0.25, 0.3) is 0 Å². The topological polar surface area (TPSA) is 76.3 Å². The number of hydrogen-bond acceptors (Lipinski definition) is 4. The Morgan fingerprint density at radius 2 is 2.05 bits per heavy atom. The second-order valence-electron chi connectivity index (χ2n) is 5.48. The molecule has 0 saturated carbocycles. The highest BCUT2D eigenvalue weighted by molar-refractivity contribution is 7.89. The number of rotatable bonds is 3. The largest absolute Gasteiger partial charge is 0.398 e. The first-order chi connectivity index (χ1) is 8.89. The van der Waals surface area contributed by atoms with Crippen LogP contribution in [0.4, 0.5) is 5.69 Å². The zero-order chi connectivity index (χ0) is 14.1. The third kappa shape index (κ3) is 2.74. The molecular weight excluding hydrogens is 262 g/mol. The van der Waals surface area contributed by atoms with E-state index in [2.05, 4.69) is 18.8 Å². The van der Waals surface area contributed by atoms with E-state index in [1.807, 2.05) is 0 Å². The Labute approximate surface area is 114 Å². The molecule has 0 spiro atoms. The molecule has 2 N–H and O–H groups in total. The first-order valence-corrected chi connectivity index (χ1v) is 8.03. The minimum atomic E-state index is -3.51. The molecule has 2 rings (SSSR count). The molecule has 1 aromatic rings. The molecule has 0 unspecified atom stereocenters. The number of hydrogen-bond donors (Lipinski definition) is 1. The van der Waals surface area contributed by atoms with E-state index in [-0.39, 0.29) is 16.0 Å². The summed E-state index contributed by atoms with van der Waals surface area (Å²) in [5.41, 5.74) is 6.27. The normalized spacial score (nSPS) is 20.3. The standard InChI is InChI=1S/C13H21N3O2S/c1-3-13(2)5-8-16(9-6-13)19(17,18)12-10-15-7-4-11(12)14/h4,7,10H,3,5-6,8-9H2,1-2H3,(H2,14,15). The SMILES string of the molecule is CCC1(C)CCN(S(=O)(=O)c2cnccc2N)CC1. The predicted molar refractivity (Wildman–Crippen MR) is 75.0 cm³/mol. The third-order valence-electron chi connectivity index (χ3n) is 4.22. The van der Waals surface area contributed by atoms with Gasteiger partial charge >= 0.3 is 0 Å². The van der Waals surface area contributed by atoms with E-state index in [0.717, 1.165) is 19.3 Å². The van der Waals surface area contributed by atoms with Crippen molar-refractivity contribution < 1.29 is 8.42 Å². The molecular formula is C13H21N3O2S. The quantitative estimate of drug-likeness (QED) is 0.918. The van der Waals surface area contributed by atoms with E-state index in [4.69, 9.17) is 5.73 Å². The van der Waals surface area contributed by atoms with E-state index in [0.29, 0.717) is 13.1 Å². The van der Waals surface area contributed by atoms with Crippen LogP contribution in [0.1, 0.15) is 33.1 Å². The zero-order valence-corrected chi connectivity index (χ0v) is 12.3. The van der Waals surface area contributed by atoms with Crippen molar-refractivity contribution in [2.75, 3.05) is 18.8 Å². The summed E-state index contributed by atoms with van der Waals surface area (Å²) in [4.78, 5) is 3.99. The first-order valence-electron chi connectivity index (χ1n) is 6.59. The van der Waals surface area contributed by atoms with Gasteiger partial charge in [0.15, 0.2) is 0 Å². The number of aromatic nitrogens is 1. The first kappa shape index (κ1) is 14.3. The van der Waals surface area contributed by atoms with Crippen molar-refractivity contribution in [3.8, 4) is 0 Å². The highest BCUT2D eigenvalue weighted by atomic mass is 32.2. The summed E-state index contributed by atoms with van der Waals surface area (Å²) in [5.74, 6) is 0. The fourth-order valence-electron chi connectivity index (χ4n) is 2.37. The molecule has 0 bridgehead atoms. The highest BCUT2D eigenvalue weighted by Crippen LogP contribution is 2.36. The van der Waals surface area contributed by atoms with Gasteiger partial charge in [-0.3, -0.25) is 4.98 Å². The molecule has 106 valence electrons. The smallest absolute Gasteiger partial charge is 0.246 e. The van der Waals surface area contributed by atoms with Crippen molar-refractivity contribution in [3.05, 3.63) is 18.5 Å². The van der Waals surface area contributed by atoms with Gasteiger partial charge in [0.25, 0.3) is 0 Å². The lowest BCUT2D eigenvalue weighted by atomic mass is 9.79. The van der Waals surface area contributed by atoms with Crippen LogP contribution in [-0.2, 0) is 10.0 Å². The van der Waals surface area contributed by atoms with Gasteiger partial charge in [0.2, 0.25) is 10.0 Å². The highest BCUT2D eigenvalue weighted by Gasteiger charge is 2.35. The van der Waals surface area contributed by atoms with E-state index < -0.39 is 10.0 Å². The van der Waals surface area contributed by atoms with Crippen molar-refractivity contribution in [1.82, 2.24) is 9.29 Å². The monoisotopic (exact) mass is 283 g/mol. The molecule has 1 saturated heterocycles. The van der Waals surface area contributed by atoms with Crippen LogP contribution in [0.2, 0.25) is 0 Å². The molecule has 1 fully saturated rings. The fraction of sp³-hybridized carbons (Fsp3) is 0.615. The van der Waals surface area contributed by atoms with Crippen molar-refractivity contribution in [2.45, 2.75) is 38.0 Å². The summed E-state index contributed by atoms with van der Waals surface area (Å²) < 4.78 is 26.6. The molecule has 2 heterocycles. The van der Waals surface area contributed by atoms with Gasteiger partial charge in [0.05, 0.1) is 5.69 Å². The lowest BCUT2D eigenvalue weighted by molar-refractivity contribution is 0.169. The summed E-state index contributed by atoms with van der Waals surface area (Å²) in [7, 11) is -3.51. The van der Waals surface area contributed by atoms with Gasteiger partial charge < -0.3 is 5.73 Å². The summed E-state index contributed by atoms with van der Waals surface area (Å²) in [6, 6.07) is 1.52. The lowest BCUT2D eigenvalue weighted by Gasteiger charge is -2.38. The predicted octanol–water partition coefficient (Wildman–Crippen LogP) is 1.86. The van der Waals surface area contributed by atoms with Crippen LogP contribution >= 0.6 is 0 Å². The molecule has 1 aromatic heterocycles. The maximum absolute atomic E-state index is 12.5. The van der Waals surface area contributed by atoms with Crippen LogP contribution in [0.3, 0.4) is 0 Å². The van der Waals surface area contributed by atoms with E-state index in [1.165, 1.54) is 22.8 Å². The Kier molecular flexibility index (Phi) is 3.82.